The molecule has 2 heterocycles. The molecule has 0 spiro atoms. The van der Waals surface area contributed by atoms with Gasteiger partial charge in [-0.3, -0.25) is 9.80 Å². The predicted octanol–water partition coefficient (Wildman–Crippen LogP) is 0.783. The molecular weight excluding hydrogens is 188 g/mol. The minimum absolute atomic E-state index is 0.0714. The summed E-state index contributed by atoms with van der Waals surface area (Å²) in [6.45, 7) is 10.3. The highest BCUT2D eigenvalue weighted by Gasteiger charge is 2.33. The molecule has 0 amide bonds. The van der Waals surface area contributed by atoms with E-state index in [0.29, 0.717) is 0 Å². The van der Waals surface area contributed by atoms with Crippen LogP contribution in [-0.2, 0) is 0 Å². The fraction of sp³-hybridized carbons (Fsp3) is 1.00. The van der Waals surface area contributed by atoms with Gasteiger partial charge >= 0.3 is 0 Å². The van der Waals surface area contributed by atoms with Crippen LogP contribution in [0.25, 0.3) is 0 Å². The van der Waals surface area contributed by atoms with Crippen molar-refractivity contribution in [1.29, 1.82) is 0 Å². The van der Waals surface area contributed by atoms with Crippen molar-refractivity contribution in [3.05, 3.63) is 0 Å². The first-order chi connectivity index (χ1) is 7.15. The largest absolute Gasteiger partial charge is 0.392 e. The SMILES string of the molecule is CC(C)CN1CC(N2CCCC(O)C2)C1. The second kappa shape index (κ2) is 4.81. The second-order valence-electron chi connectivity index (χ2n) is 5.56. The zero-order chi connectivity index (χ0) is 10.8. The average Bonchev–Trinajstić information content (AvgIpc) is 2.10. The Labute approximate surface area is 93.1 Å². The molecule has 3 heteroatoms. The molecule has 0 saturated carbocycles. The lowest BCUT2D eigenvalue weighted by Gasteiger charge is -2.48. The topological polar surface area (TPSA) is 26.7 Å². The summed E-state index contributed by atoms with van der Waals surface area (Å²) in [6.07, 6.45) is 2.10. The third kappa shape index (κ3) is 2.92. The van der Waals surface area contributed by atoms with E-state index in [9.17, 15) is 5.11 Å². The Hall–Kier alpha value is -0.120. The van der Waals surface area contributed by atoms with Gasteiger partial charge in [0.2, 0.25) is 0 Å². The number of β-amino-alcohol motifs (C(OH)–C–C–N with tert-alkyl or cyclic N) is 1. The third-order valence-electron chi connectivity index (χ3n) is 3.51. The Morgan fingerprint density at radius 2 is 2.00 bits per heavy atom. The van der Waals surface area contributed by atoms with E-state index in [0.717, 1.165) is 24.9 Å². The van der Waals surface area contributed by atoms with E-state index in [1.54, 1.807) is 0 Å². The number of aliphatic hydroxyl groups excluding tert-OH is 1. The van der Waals surface area contributed by atoms with Gasteiger partial charge in [-0.15, -0.1) is 0 Å². The van der Waals surface area contributed by atoms with Crippen LogP contribution in [-0.4, -0.2) is 59.8 Å². The summed E-state index contributed by atoms with van der Waals surface area (Å²) < 4.78 is 0. The Morgan fingerprint density at radius 3 is 2.60 bits per heavy atom. The van der Waals surface area contributed by atoms with Gasteiger partial charge in [0.15, 0.2) is 0 Å². The van der Waals surface area contributed by atoms with Gasteiger partial charge < -0.3 is 5.11 Å². The number of hydrogen-bond donors (Lipinski definition) is 1. The van der Waals surface area contributed by atoms with Gasteiger partial charge in [-0.1, -0.05) is 13.8 Å². The molecule has 2 rings (SSSR count). The smallest absolute Gasteiger partial charge is 0.0667 e. The lowest BCUT2D eigenvalue weighted by atomic mass is 10.0. The van der Waals surface area contributed by atoms with Crippen molar-refractivity contribution in [2.45, 2.75) is 38.8 Å². The second-order valence-corrected chi connectivity index (χ2v) is 5.56. The molecule has 15 heavy (non-hydrogen) atoms. The monoisotopic (exact) mass is 212 g/mol. The summed E-state index contributed by atoms with van der Waals surface area (Å²) >= 11 is 0. The summed E-state index contributed by atoms with van der Waals surface area (Å²) in [5, 5.41) is 9.60. The van der Waals surface area contributed by atoms with Gasteiger partial charge in [0.25, 0.3) is 0 Å². The molecular formula is C12H24N2O. The van der Waals surface area contributed by atoms with Crippen molar-refractivity contribution in [3.63, 3.8) is 0 Å². The molecule has 0 aromatic heterocycles. The average molecular weight is 212 g/mol. The van der Waals surface area contributed by atoms with Crippen molar-refractivity contribution >= 4 is 0 Å². The van der Waals surface area contributed by atoms with Gasteiger partial charge in [-0.2, -0.15) is 0 Å². The quantitative estimate of drug-likeness (QED) is 0.749. The van der Waals surface area contributed by atoms with E-state index >= 15 is 0 Å². The molecule has 1 N–H and O–H groups in total. The number of likely N-dealkylation sites (tertiary alicyclic amines) is 2. The van der Waals surface area contributed by atoms with Crippen molar-refractivity contribution in [3.8, 4) is 0 Å². The first kappa shape index (κ1) is 11.4. The van der Waals surface area contributed by atoms with Crippen LogP contribution in [0, 0.1) is 5.92 Å². The molecule has 0 aliphatic carbocycles. The standard InChI is InChI=1S/C12H24N2O/c1-10(2)6-13-7-11(8-13)14-5-3-4-12(15)9-14/h10-12,15H,3-9H2,1-2H3. The summed E-state index contributed by atoms with van der Waals surface area (Å²) in [4.78, 5) is 5.00. The van der Waals surface area contributed by atoms with E-state index in [1.165, 1.54) is 32.6 Å². The van der Waals surface area contributed by atoms with Crippen LogP contribution in [0.3, 0.4) is 0 Å². The number of rotatable bonds is 3. The van der Waals surface area contributed by atoms with Crippen LogP contribution < -0.4 is 0 Å². The minimum atomic E-state index is -0.0714. The van der Waals surface area contributed by atoms with Crippen LogP contribution in [0.4, 0.5) is 0 Å². The molecule has 3 nitrogen and oxygen atoms in total. The maximum absolute atomic E-state index is 9.60. The van der Waals surface area contributed by atoms with Crippen LogP contribution in [0.15, 0.2) is 0 Å². The Balaban J connectivity index is 1.69. The summed E-state index contributed by atoms with van der Waals surface area (Å²) in [6, 6.07) is 0.721. The van der Waals surface area contributed by atoms with E-state index < -0.39 is 0 Å². The number of aliphatic hydroxyl groups is 1. The maximum Gasteiger partial charge on any atom is 0.0667 e. The number of nitrogens with zero attached hydrogens (tertiary/aromatic N) is 2. The lowest BCUT2D eigenvalue weighted by molar-refractivity contribution is -0.0186. The normalized spacial score (nSPS) is 30.8. The zero-order valence-corrected chi connectivity index (χ0v) is 10.0. The van der Waals surface area contributed by atoms with Gasteiger partial charge in [0.05, 0.1) is 6.10 Å². The highest BCUT2D eigenvalue weighted by molar-refractivity contribution is 4.90. The molecule has 0 radical (unpaired) electrons. The summed E-state index contributed by atoms with van der Waals surface area (Å²) in [5.74, 6) is 0.776. The Bertz CT molecular complexity index is 202. The van der Waals surface area contributed by atoms with Crippen LogP contribution in [0.5, 0.6) is 0 Å². The van der Waals surface area contributed by atoms with Crippen molar-refractivity contribution in [2.24, 2.45) is 5.92 Å². The molecule has 88 valence electrons. The van der Waals surface area contributed by atoms with E-state index in [1.807, 2.05) is 0 Å². The molecule has 1 atom stereocenters. The van der Waals surface area contributed by atoms with Gasteiger partial charge in [-0.05, 0) is 25.3 Å². The molecule has 2 fully saturated rings. The predicted molar refractivity (Wildman–Crippen MR) is 61.9 cm³/mol. The third-order valence-corrected chi connectivity index (χ3v) is 3.51. The van der Waals surface area contributed by atoms with E-state index in [4.69, 9.17) is 0 Å². The maximum atomic E-state index is 9.60. The van der Waals surface area contributed by atoms with Crippen LogP contribution >= 0.6 is 0 Å². The number of hydrogen-bond acceptors (Lipinski definition) is 3. The molecule has 0 aromatic rings. The van der Waals surface area contributed by atoms with Crippen LogP contribution in [0.1, 0.15) is 26.7 Å². The fourth-order valence-electron chi connectivity index (χ4n) is 2.75. The van der Waals surface area contributed by atoms with Gasteiger partial charge in [-0.25, -0.2) is 0 Å². The first-order valence-corrected chi connectivity index (χ1v) is 6.29. The molecule has 1 unspecified atom stereocenters. The highest BCUT2D eigenvalue weighted by atomic mass is 16.3. The molecule has 0 bridgehead atoms. The minimum Gasteiger partial charge on any atom is -0.392 e. The molecule has 2 saturated heterocycles. The van der Waals surface area contributed by atoms with Crippen LogP contribution in [0.2, 0.25) is 0 Å². The molecule has 2 aliphatic rings. The number of piperidine rings is 1. The van der Waals surface area contributed by atoms with E-state index in [2.05, 4.69) is 23.6 Å². The van der Waals surface area contributed by atoms with Crippen molar-refractivity contribution in [2.75, 3.05) is 32.7 Å². The fourth-order valence-corrected chi connectivity index (χ4v) is 2.75. The Morgan fingerprint density at radius 1 is 1.27 bits per heavy atom. The first-order valence-electron chi connectivity index (χ1n) is 6.29. The van der Waals surface area contributed by atoms with Crippen molar-refractivity contribution < 1.29 is 5.11 Å². The zero-order valence-electron chi connectivity index (χ0n) is 10.0. The van der Waals surface area contributed by atoms with Gasteiger partial charge in [0.1, 0.15) is 0 Å². The highest BCUT2D eigenvalue weighted by Crippen LogP contribution is 2.20. The van der Waals surface area contributed by atoms with Crippen molar-refractivity contribution in [1.82, 2.24) is 9.80 Å². The summed E-state index contributed by atoms with van der Waals surface area (Å²) in [5.41, 5.74) is 0. The molecule has 0 aromatic carbocycles. The Kier molecular flexibility index (Phi) is 3.65. The molecule has 2 aliphatic heterocycles. The van der Waals surface area contributed by atoms with E-state index in [-0.39, 0.29) is 6.10 Å². The van der Waals surface area contributed by atoms with Gasteiger partial charge in [0, 0.05) is 32.2 Å². The lowest BCUT2D eigenvalue weighted by Crippen LogP contribution is -2.62. The summed E-state index contributed by atoms with van der Waals surface area (Å²) in [7, 11) is 0.